The topological polar surface area (TPSA) is 0 Å². The van der Waals surface area contributed by atoms with Crippen LogP contribution in [-0.2, 0) is 0 Å². The summed E-state index contributed by atoms with van der Waals surface area (Å²) < 4.78 is 0. The molecule has 12 aromatic carbocycles. The summed E-state index contributed by atoms with van der Waals surface area (Å²) in [6.45, 7) is 8.84. The van der Waals surface area contributed by atoms with E-state index in [1.165, 1.54) is 165 Å². The van der Waals surface area contributed by atoms with Crippen molar-refractivity contribution in [1.82, 2.24) is 0 Å². The molecule has 0 unspecified atom stereocenters. The fraction of sp³-hybridized carbons (Fsp3) is 0.0588. The van der Waals surface area contributed by atoms with Crippen molar-refractivity contribution in [2.75, 3.05) is 0 Å². The molecule has 0 radical (unpaired) electrons. The van der Waals surface area contributed by atoms with E-state index in [0.717, 1.165) is 0 Å². The van der Waals surface area contributed by atoms with Gasteiger partial charge in [0.25, 0.3) is 0 Å². The van der Waals surface area contributed by atoms with Gasteiger partial charge in [-0.05, 0) is 171 Å². The number of hydrogen-bond acceptors (Lipinski definition) is 0. The second kappa shape index (κ2) is 14.6. The van der Waals surface area contributed by atoms with E-state index in [1.54, 1.807) is 0 Å². The van der Waals surface area contributed by atoms with Crippen molar-refractivity contribution < 1.29 is 0 Å². The number of hydrogen-bond donors (Lipinski definition) is 0. The van der Waals surface area contributed by atoms with Crippen LogP contribution in [0, 0.1) is 27.7 Å². The average molecular weight is 863 g/mol. The summed E-state index contributed by atoms with van der Waals surface area (Å²) in [6.07, 6.45) is 0. The second-order valence-corrected chi connectivity index (χ2v) is 19.3. The fourth-order valence-electron chi connectivity index (χ4n) is 12.5. The van der Waals surface area contributed by atoms with Crippen LogP contribution in [0.4, 0.5) is 0 Å². The zero-order valence-electron chi connectivity index (χ0n) is 38.6. The SMILES string of the molecule is Cc1cccc(-c2c3c(c(-c4cccc(C)c4)c4ccccc24)-c2ccc(-c4ccc5c6c(cccc46)-c4c-5c(-c5cccc(C)c5)c5ccccc5c4-c4cccc(C)c4)c4cccc-3c24)c1. The van der Waals surface area contributed by atoms with Crippen LogP contribution >= 0.6 is 0 Å². The predicted octanol–water partition coefficient (Wildman–Crippen LogP) is 19.2. The molecule has 2 aliphatic carbocycles. The Morgan fingerprint density at radius 1 is 0.191 bits per heavy atom. The smallest absolute Gasteiger partial charge is 0.000741 e. The first-order valence-electron chi connectivity index (χ1n) is 24.0. The maximum Gasteiger partial charge on any atom is -0.000741 e. The lowest BCUT2D eigenvalue weighted by Gasteiger charge is -2.21. The Morgan fingerprint density at radius 3 is 0.735 bits per heavy atom. The van der Waals surface area contributed by atoms with Crippen LogP contribution in [0.25, 0.3) is 143 Å². The van der Waals surface area contributed by atoms with Gasteiger partial charge in [0.15, 0.2) is 0 Å². The second-order valence-electron chi connectivity index (χ2n) is 19.3. The highest BCUT2D eigenvalue weighted by Crippen LogP contribution is 2.61. The van der Waals surface area contributed by atoms with Crippen LogP contribution in [0.2, 0.25) is 0 Å². The molecule has 0 fully saturated rings. The van der Waals surface area contributed by atoms with E-state index in [9.17, 15) is 0 Å². The van der Waals surface area contributed by atoms with Crippen LogP contribution in [0.15, 0.2) is 206 Å². The summed E-state index contributed by atoms with van der Waals surface area (Å²) in [5.41, 5.74) is 28.4. The Balaban J connectivity index is 1.07. The molecule has 12 aromatic rings. The van der Waals surface area contributed by atoms with Gasteiger partial charge >= 0.3 is 0 Å². The normalized spacial score (nSPS) is 12.1. The highest BCUT2D eigenvalue weighted by molar-refractivity contribution is 6.32. The molecule has 0 saturated carbocycles. The standard InChI is InChI=1S/C68H46/c1-39-15-9-19-43(35-39)59-51-23-5-7-25-53(51)61(45-21-11-17-41(3)37-45)67-57-33-31-47(49-27-13-29-55(63(49)57)65(59)67)48-32-34-58-64-50(48)28-14-30-56(64)66-60(44-20-10-16-40(2)36-44)52-24-6-8-26-54(52)62(68(58)66)46-22-12-18-42(4)38-46/h5-38H,1-4H3. The third kappa shape index (κ3) is 5.49. The first-order valence-corrected chi connectivity index (χ1v) is 24.0. The van der Waals surface area contributed by atoms with Gasteiger partial charge < -0.3 is 0 Å². The summed E-state index contributed by atoms with van der Waals surface area (Å²) in [7, 11) is 0. The van der Waals surface area contributed by atoms with Gasteiger partial charge in [-0.25, -0.2) is 0 Å². The van der Waals surface area contributed by atoms with Crippen molar-refractivity contribution in [3.63, 3.8) is 0 Å². The van der Waals surface area contributed by atoms with Crippen LogP contribution in [0.1, 0.15) is 22.3 Å². The molecular formula is C68H46. The van der Waals surface area contributed by atoms with E-state index >= 15 is 0 Å². The molecule has 68 heavy (non-hydrogen) atoms. The van der Waals surface area contributed by atoms with Crippen molar-refractivity contribution in [2.45, 2.75) is 27.7 Å². The molecule has 0 N–H and O–H groups in total. The van der Waals surface area contributed by atoms with Gasteiger partial charge in [0.2, 0.25) is 0 Å². The van der Waals surface area contributed by atoms with Gasteiger partial charge in [-0.3, -0.25) is 0 Å². The van der Waals surface area contributed by atoms with Crippen LogP contribution in [0.3, 0.4) is 0 Å². The predicted molar refractivity (Wildman–Crippen MR) is 291 cm³/mol. The van der Waals surface area contributed by atoms with Gasteiger partial charge in [0.05, 0.1) is 0 Å². The number of rotatable bonds is 5. The monoisotopic (exact) mass is 862 g/mol. The molecule has 0 amide bonds. The molecule has 14 rings (SSSR count). The molecule has 0 aromatic heterocycles. The fourth-order valence-corrected chi connectivity index (χ4v) is 12.5. The van der Waals surface area contributed by atoms with E-state index in [4.69, 9.17) is 0 Å². The molecule has 0 saturated heterocycles. The first-order chi connectivity index (χ1) is 33.4. The van der Waals surface area contributed by atoms with Gasteiger partial charge in [-0.1, -0.05) is 229 Å². The van der Waals surface area contributed by atoms with Gasteiger partial charge in [0.1, 0.15) is 0 Å². The summed E-state index contributed by atoms with van der Waals surface area (Å²) in [4.78, 5) is 0. The maximum atomic E-state index is 2.44. The van der Waals surface area contributed by atoms with E-state index in [0.29, 0.717) is 0 Å². The number of benzene rings is 12. The zero-order valence-corrected chi connectivity index (χ0v) is 38.6. The van der Waals surface area contributed by atoms with Crippen LogP contribution in [-0.4, -0.2) is 0 Å². The molecule has 318 valence electrons. The van der Waals surface area contributed by atoms with Gasteiger partial charge in [-0.15, -0.1) is 0 Å². The lowest BCUT2D eigenvalue weighted by atomic mass is 9.82. The summed E-state index contributed by atoms with van der Waals surface area (Å²) >= 11 is 0. The highest BCUT2D eigenvalue weighted by Gasteiger charge is 2.34. The summed E-state index contributed by atoms with van der Waals surface area (Å²) in [5, 5.41) is 10.4. The molecule has 2 aliphatic rings. The van der Waals surface area contributed by atoms with Crippen molar-refractivity contribution in [3.05, 3.63) is 229 Å². The van der Waals surface area contributed by atoms with Crippen molar-refractivity contribution >= 4 is 43.1 Å². The molecule has 0 nitrogen and oxygen atoms in total. The van der Waals surface area contributed by atoms with Gasteiger partial charge in [0, 0.05) is 0 Å². The number of aryl methyl sites for hydroxylation is 4. The summed E-state index contributed by atoms with van der Waals surface area (Å²) in [5.74, 6) is 0. The Hall–Kier alpha value is -8.32. The Bertz CT molecular complexity index is 3710. The van der Waals surface area contributed by atoms with E-state index in [-0.39, 0.29) is 0 Å². The molecule has 0 heterocycles. The maximum absolute atomic E-state index is 2.44. The Kier molecular flexibility index (Phi) is 8.35. The van der Waals surface area contributed by atoms with E-state index in [2.05, 4.69) is 234 Å². The van der Waals surface area contributed by atoms with Crippen molar-refractivity contribution in [2.24, 2.45) is 0 Å². The summed E-state index contributed by atoms with van der Waals surface area (Å²) in [6, 6.07) is 78.4. The molecule has 0 atom stereocenters. The molecule has 0 heteroatoms. The average Bonchev–Trinajstić information content (AvgIpc) is 3.87. The van der Waals surface area contributed by atoms with Crippen LogP contribution < -0.4 is 0 Å². The highest BCUT2D eigenvalue weighted by atomic mass is 14.4. The largest absolute Gasteiger partial charge is 0.0616 e. The molecule has 0 aliphatic heterocycles. The first kappa shape index (κ1) is 38.9. The number of fused-ring (bicyclic) bond motifs is 8. The van der Waals surface area contributed by atoms with Crippen molar-refractivity contribution in [3.8, 4) is 100 Å². The minimum absolute atomic E-state index is 1.26. The third-order valence-corrected chi connectivity index (χ3v) is 15.1. The minimum Gasteiger partial charge on any atom is -0.0616 e. The lowest BCUT2D eigenvalue weighted by Crippen LogP contribution is -1.94. The molecule has 0 spiro atoms. The minimum atomic E-state index is 1.26. The van der Waals surface area contributed by atoms with E-state index in [1.807, 2.05) is 0 Å². The third-order valence-electron chi connectivity index (χ3n) is 15.1. The Labute approximate surface area is 397 Å². The lowest BCUT2D eigenvalue weighted by molar-refractivity contribution is 1.47. The zero-order chi connectivity index (χ0) is 45.4. The van der Waals surface area contributed by atoms with Crippen LogP contribution in [0.5, 0.6) is 0 Å². The molecule has 0 bridgehead atoms. The quantitative estimate of drug-likeness (QED) is 0.162. The molecular weight excluding hydrogens is 817 g/mol. The Morgan fingerprint density at radius 2 is 0.441 bits per heavy atom. The van der Waals surface area contributed by atoms with E-state index < -0.39 is 0 Å². The van der Waals surface area contributed by atoms with Gasteiger partial charge in [-0.2, -0.15) is 0 Å². The van der Waals surface area contributed by atoms with Crippen molar-refractivity contribution in [1.29, 1.82) is 0 Å².